The van der Waals surface area contributed by atoms with E-state index >= 15 is 0 Å². The Morgan fingerprint density at radius 2 is 1.64 bits per heavy atom. The average Bonchev–Trinajstić information content (AvgIpc) is 1.96. The van der Waals surface area contributed by atoms with Crippen LogP contribution in [0.3, 0.4) is 0 Å². The number of ketones is 2. The minimum absolute atomic E-state index is 0.00755. The van der Waals surface area contributed by atoms with Gasteiger partial charge < -0.3 is 0 Å². The van der Waals surface area contributed by atoms with Gasteiger partial charge in [0.15, 0.2) is 9.84 Å². The van der Waals surface area contributed by atoms with Crippen LogP contribution >= 0.6 is 0 Å². The Kier molecular flexibility index (Phi) is 4.97. The first kappa shape index (κ1) is 13.3. The second kappa shape index (κ2) is 5.24. The number of rotatable bonds is 6. The van der Waals surface area contributed by atoms with Crippen molar-refractivity contribution in [2.75, 3.05) is 12.0 Å². The highest BCUT2D eigenvalue weighted by atomic mass is 32.2. The zero-order valence-corrected chi connectivity index (χ0v) is 9.56. The number of hydrogen-bond acceptors (Lipinski definition) is 4. The van der Waals surface area contributed by atoms with Gasteiger partial charge in [-0.15, -0.1) is 0 Å². The molecule has 0 saturated carbocycles. The Hall–Kier alpha value is -0.710. The predicted molar refractivity (Wildman–Crippen MR) is 53.8 cm³/mol. The Labute approximate surface area is 84.6 Å². The predicted octanol–water partition coefficient (Wildman–Crippen LogP) is 0.605. The van der Waals surface area contributed by atoms with Crippen LogP contribution in [0.5, 0.6) is 0 Å². The molecule has 0 atom stereocenters. The van der Waals surface area contributed by atoms with E-state index in [1.165, 1.54) is 0 Å². The molecule has 0 aromatic carbocycles. The summed E-state index contributed by atoms with van der Waals surface area (Å²) in [7, 11) is -3.25. The van der Waals surface area contributed by atoms with E-state index in [0.717, 1.165) is 6.26 Å². The highest BCUT2D eigenvalue weighted by molar-refractivity contribution is 7.91. The third-order valence-corrected chi connectivity index (χ3v) is 2.56. The minimum Gasteiger partial charge on any atom is -0.299 e. The molecule has 82 valence electrons. The van der Waals surface area contributed by atoms with Crippen molar-refractivity contribution >= 4 is 21.4 Å². The van der Waals surface area contributed by atoms with Crippen LogP contribution in [-0.2, 0) is 19.4 Å². The first-order valence-electron chi connectivity index (χ1n) is 4.44. The summed E-state index contributed by atoms with van der Waals surface area (Å²) in [5.41, 5.74) is 0. The molecule has 4 nitrogen and oxygen atoms in total. The highest BCUT2D eigenvalue weighted by Crippen LogP contribution is 2.03. The molecule has 0 N–H and O–H groups in total. The van der Waals surface area contributed by atoms with Crippen LogP contribution in [0, 0.1) is 5.92 Å². The summed E-state index contributed by atoms with van der Waals surface area (Å²) < 4.78 is 21.4. The molecule has 0 aromatic rings. The van der Waals surface area contributed by atoms with E-state index in [1.807, 2.05) is 0 Å². The van der Waals surface area contributed by atoms with Gasteiger partial charge in [0.2, 0.25) is 0 Å². The molecule has 0 aliphatic rings. The zero-order valence-electron chi connectivity index (χ0n) is 8.74. The number of hydrogen-bond donors (Lipinski definition) is 0. The third-order valence-electron chi connectivity index (χ3n) is 1.72. The summed E-state index contributed by atoms with van der Waals surface area (Å²) >= 11 is 0. The lowest BCUT2D eigenvalue weighted by Crippen LogP contribution is -2.16. The largest absolute Gasteiger partial charge is 0.299 e. The number of carbonyl (C=O) groups excluding carboxylic acids is 2. The average molecular weight is 220 g/mol. The fourth-order valence-electron chi connectivity index (χ4n) is 0.916. The lowest BCUT2D eigenvalue weighted by molar-refractivity contribution is -0.125. The van der Waals surface area contributed by atoms with Crippen LogP contribution in [0.2, 0.25) is 0 Å². The molecule has 5 heteroatoms. The van der Waals surface area contributed by atoms with Gasteiger partial charge in [-0.1, -0.05) is 13.8 Å². The van der Waals surface area contributed by atoms with Crippen LogP contribution in [0.15, 0.2) is 0 Å². The maximum Gasteiger partial charge on any atom is 0.154 e. The molecule has 0 aromatic heterocycles. The van der Waals surface area contributed by atoms with Crippen molar-refractivity contribution in [3.63, 3.8) is 0 Å². The van der Waals surface area contributed by atoms with Crippen molar-refractivity contribution in [3.05, 3.63) is 0 Å². The van der Waals surface area contributed by atoms with Gasteiger partial charge >= 0.3 is 0 Å². The molecule has 0 saturated heterocycles. The van der Waals surface area contributed by atoms with Gasteiger partial charge in [-0.05, 0) is 0 Å². The lowest BCUT2D eigenvalue weighted by Gasteiger charge is -2.02. The maximum atomic E-state index is 11.1. The van der Waals surface area contributed by atoms with Crippen LogP contribution in [0.1, 0.15) is 26.7 Å². The quantitative estimate of drug-likeness (QED) is 0.657. The smallest absolute Gasteiger partial charge is 0.154 e. The van der Waals surface area contributed by atoms with Gasteiger partial charge in [-0.3, -0.25) is 9.59 Å². The molecule has 0 bridgehead atoms. The van der Waals surface area contributed by atoms with E-state index in [-0.39, 0.29) is 30.3 Å². The van der Waals surface area contributed by atoms with E-state index in [0.29, 0.717) is 0 Å². The van der Waals surface area contributed by atoms with Crippen LogP contribution in [0.4, 0.5) is 0 Å². The fraction of sp³-hybridized carbons (Fsp3) is 0.778. The summed E-state index contributed by atoms with van der Waals surface area (Å²) in [4.78, 5) is 22.2. The fourth-order valence-corrected chi connectivity index (χ4v) is 1.65. The van der Waals surface area contributed by atoms with Gasteiger partial charge in [0.1, 0.15) is 17.3 Å². The highest BCUT2D eigenvalue weighted by Gasteiger charge is 2.14. The normalized spacial score (nSPS) is 11.7. The minimum atomic E-state index is -3.25. The maximum absolute atomic E-state index is 11.1. The van der Waals surface area contributed by atoms with E-state index in [1.54, 1.807) is 13.8 Å². The number of sulfone groups is 1. The van der Waals surface area contributed by atoms with E-state index in [4.69, 9.17) is 0 Å². The summed E-state index contributed by atoms with van der Waals surface area (Å²) in [6, 6.07) is 0. The lowest BCUT2D eigenvalue weighted by atomic mass is 10.0. The third kappa shape index (κ3) is 6.77. The topological polar surface area (TPSA) is 68.3 Å². The van der Waals surface area contributed by atoms with E-state index < -0.39 is 15.6 Å². The molecule has 0 heterocycles. The monoisotopic (exact) mass is 220 g/mol. The molecule has 0 aliphatic carbocycles. The molecule has 14 heavy (non-hydrogen) atoms. The van der Waals surface area contributed by atoms with Crippen molar-refractivity contribution in [2.24, 2.45) is 5.92 Å². The molecular weight excluding hydrogens is 204 g/mol. The molecule has 0 amide bonds. The summed E-state index contributed by atoms with van der Waals surface area (Å²) in [6.45, 7) is 3.51. The molecule has 0 spiro atoms. The van der Waals surface area contributed by atoms with E-state index in [2.05, 4.69) is 0 Å². The van der Waals surface area contributed by atoms with Crippen LogP contribution < -0.4 is 0 Å². The second-order valence-electron chi connectivity index (χ2n) is 3.73. The number of Topliss-reactive ketones (excluding diaryl/α,β-unsaturated/α-hetero) is 2. The molecule has 0 aliphatic heterocycles. The Balaban J connectivity index is 3.93. The Morgan fingerprint density at radius 3 is 2.00 bits per heavy atom. The van der Waals surface area contributed by atoms with Crippen molar-refractivity contribution < 1.29 is 18.0 Å². The van der Waals surface area contributed by atoms with Crippen LogP contribution in [0.25, 0.3) is 0 Å². The SMILES string of the molecule is CC(C)C(=O)CCC(=O)CS(C)(=O)=O. The Morgan fingerprint density at radius 1 is 1.14 bits per heavy atom. The first-order valence-corrected chi connectivity index (χ1v) is 6.50. The van der Waals surface area contributed by atoms with Crippen LogP contribution in [-0.4, -0.2) is 32.0 Å². The first-order chi connectivity index (χ1) is 6.22. The second-order valence-corrected chi connectivity index (χ2v) is 5.87. The van der Waals surface area contributed by atoms with Crippen molar-refractivity contribution in [1.29, 1.82) is 0 Å². The summed E-state index contributed by atoms with van der Waals surface area (Å²) in [5, 5.41) is 0. The molecule has 0 unspecified atom stereocenters. The van der Waals surface area contributed by atoms with Gasteiger partial charge in [-0.25, -0.2) is 8.42 Å². The van der Waals surface area contributed by atoms with Crippen molar-refractivity contribution in [2.45, 2.75) is 26.7 Å². The standard InChI is InChI=1S/C9H16O4S/c1-7(2)9(11)5-4-8(10)6-14(3,12)13/h7H,4-6H2,1-3H3. The molecular formula is C9H16O4S. The number of carbonyl (C=O) groups is 2. The van der Waals surface area contributed by atoms with E-state index in [9.17, 15) is 18.0 Å². The van der Waals surface area contributed by atoms with Crippen molar-refractivity contribution in [3.8, 4) is 0 Å². The molecule has 0 radical (unpaired) electrons. The Bertz CT molecular complexity index is 314. The summed E-state index contributed by atoms with van der Waals surface area (Å²) in [5.74, 6) is -0.951. The van der Waals surface area contributed by atoms with Crippen molar-refractivity contribution in [1.82, 2.24) is 0 Å². The van der Waals surface area contributed by atoms with Gasteiger partial charge in [-0.2, -0.15) is 0 Å². The zero-order chi connectivity index (χ0) is 11.4. The van der Waals surface area contributed by atoms with Gasteiger partial charge in [0, 0.05) is 25.0 Å². The summed E-state index contributed by atoms with van der Waals surface area (Å²) in [6.07, 6.45) is 1.19. The van der Waals surface area contributed by atoms with Gasteiger partial charge in [0.05, 0.1) is 0 Å². The molecule has 0 fully saturated rings. The van der Waals surface area contributed by atoms with Gasteiger partial charge in [0.25, 0.3) is 0 Å². The molecule has 0 rings (SSSR count).